The average Bonchev–Trinajstić information content (AvgIpc) is 2.47. The summed E-state index contributed by atoms with van der Waals surface area (Å²) in [4.78, 5) is 4.15. The molecular weight excluding hydrogens is 365 g/mol. The Kier molecular flexibility index (Phi) is 5.37. The second-order valence-electron chi connectivity index (χ2n) is 4.68. The number of rotatable bonds is 5. The lowest BCUT2D eigenvalue weighted by Gasteiger charge is -2.15. The Balaban J connectivity index is 2.28. The molecule has 1 aromatic heterocycles. The SMILES string of the molecule is CCCOc1cncc(C(O)c2cccc(C)c2I)c1. The predicted molar refractivity (Wildman–Crippen MR) is 88.0 cm³/mol. The van der Waals surface area contributed by atoms with Gasteiger partial charge in [-0.15, -0.1) is 0 Å². The van der Waals surface area contributed by atoms with E-state index >= 15 is 0 Å². The van der Waals surface area contributed by atoms with Crippen LogP contribution in [0.2, 0.25) is 0 Å². The van der Waals surface area contributed by atoms with E-state index in [9.17, 15) is 5.11 Å². The molecule has 0 aliphatic rings. The van der Waals surface area contributed by atoms with Crippen molar-refractivity contribution in [2.45, 2.75) is 26.4 Å². The summed E-state index contributed by atoms with van der Waals surface area (Å²) in [5.74, 6) is 0.700. The Morgan fingerprint density at radius 2 is 2.15 bits per heavy atom. The van der Waals surface area contributed by atoms with E-state index in [-0.39, 0.29) is 0 Å². The lowest BCUT2D eigenvalue weighted by Crippen LogP contribution is -2.04. The molecule has 0 aliphatic heterocycles. The fourth-order valence-corrected chi connectivity index (χ4v) is 2.60. The molecule has 3 nitrogen and oxygen atoms in total. The van der Waals surface area contributed by atoms with E-state index in [2.05, 4.69) is 34.5 Å². The molecule has 0 saturated heterocycles. The molecule has 0 spiro atoms. The van der Waals surface area contributed by atoms with Gasteiger partial charge in [0.25, 0.3) is 0 Å². The summed E-state index contributed by atoms with van der Waals surface area (Å²) in [5.41, 5.74) is 2.82. The van der Waals surface area contributed by atoms with Gasteiger partial charge in [-0.05, 0) is 53.1 Å². The Labute approximate surface area is 133 Å². The van der Waals surface area contributed by atoms with Gasteiger partial charge in [-0.2, -0.15) is 0 Å². The minimum Gasteiger partial charge on any atom is -0.492 e. The van der Waals surface area contributed by atoms with Gasteiger partial charge in [0, 0.05) is 15.3 Å². The second-order valence-corrected chi connectivity index (χ2v) is 5.76. The van der Waals surface area contributed by atoms with E-state index in [1.54, 1.807) is 12.4 Å². The Morgan fingerprint density at radius 1 is 1.35 bits per heavy atom. The highest BCUT2D eigenvalue weighted by molar-refractivity contribution is 14.1. The van der Waals surface area contributed by atoms with Gasteiger partial charge in [0.05, 0.1) is 12.8 Å². The zero-order valence-electron chi connectivity index (χ0n) is 11.6. The third kappa shape index (κ3) is 3.49. The van der Waals surface area contributed by atoms with E-state index in [1.165, 1.54) is 0 Å². The standard InChI is InChI=1S/C16H18INO2/c1-3-7-20-13-8-12(9-18-10-13)16(19)14-6-4-5-11(2)15(14)17/h4-6,8-10,16,19H,3,7H2,1-2H3. The summed E-state index contributed by atoms with van der Waals surface area (Å²) in [5, 5.41) is 10.5. The Morgan fingerprint density at radius 3 is 2.90 bits per heavy atom. The second kappa shape index (κ2) is 7.04. The van der Waals surface area contributed by atoms with Crippen LogP contribution in [0.5, 0.6) is 5.75 Å². The van der Waals surface area contributed by atoms with Crippen LogP contribution in [-0.4, -0.2) is 16.7 Å². The highest BCUT2D eigenvalue weighted by atomic mass is 127. The normalized spacial score (nSPS) is 12.2. The van der Waals surface area contributed by atoms with Crippen LogP contribution in [0.3, 0.4) is 0 Å². The molecule has 0 fully saturated rings. The highest BCUT2D eigenvalue weighted by Crippen LogP contribution is 2.29. The fourth-order valence-electron chi connectivity index (χ4n) is 1.94. The van der Waals surface area contributed by atoms with E-state index in [0.717, 1.165) is 26.7 Å². The molecule has 1 heterocycles. The molecule has 4 heteroatoms. The lowest BCUT2D eigenvalue weighted by atomic mass is 10.0. The largest absolute Gasteiger partial charge is 0.492 e. The maximum atomic E-state index is 10.5. The van der Waals surface area contributed by atoms with Gasteiger partial charge in [0.2, 0.25) is 0 Å². The molecule has 0 amide bonds. The van der Waals surface area contributed by atoms with Crippen molar-refractivity contribution in [2.24, 2.45) is 0 Å². The number of benzene rings is 1. The number of hydrogen-bond acceptors (Lipinski definition) is 3. The number of pyridine rings is 1. The first-order valence-electron chi connectivity index (χ1n) is 6.64. The van der Waals surface area contributed by atoms with Gasteiger partial charge >= 0.3 is 0 Å². The quantitative estimate of drug-likeness (QED) is 0.798. The molecule has 106 valence electrons. The number of aryl methyl sites for hydroxylation is 1. The Bertz CT molecular complexity index is 586. The van der Waals surface area contributed by atoms with Crippen molar-refractivity contribution in [3.63, 3.8) is 0 Å². The molecule has 20 heavy (non-hydrogen) atoms. The molecule has 1 aromatic carbocycles. The fraction of sp³-hybridized carbons (Fsp3) is 0.312. The topological polar surface area (TPSA) is 42.4 Å². The summed E-state index contributed by atoms with van der Waals surface area (Å²) < 4.78 is 6.64. The van der Waals surface area contributed by atoms with Gasteiger partial charge < -0.3 is 9.84 Å². The maximum absolute atomic E-state index is 10.5. The van der Waals surface area contributed by atoms with Crippen molar-refractivity contribution in [1.82, 2.24) is 4.98 Å². The van der Waals surface area contributed by atoms with Gasteiger partial charge in [-0.3, -0.25) is 4.98 Å². The minimum atomic E-state index is -0.681. The predicted octanol–water partition coefficient (Wildman–Crippen LogP) is 3.87. The van der Waals surface area contributed by atoms with Crippen LogP contribution < -0.4 is 4.74 Å². The number of halogens is 1. The number of hydrogen-bond donors (Lipinski definition) is 1. The van der Waals surface area contributed by atoms with Crippen molar-refractivity contribution in [1.29, 1.82) is 0 Å². The summed E-state index contributed by atoms with van der Waals surface area (Å²) in [6.45, 7) is 4.75. The lowest BCUT2D eigenvalue weighted by molar-refractivity contribution is 0.217. The third-order valence-electron chi connectivity index (χ3n) is 3.04. The van der Waals surface area contributed by atoms with Crippen LogP contribution in [0, 0.1) is 10.5 Å². The number of nitrogens with zero attached hydrogens (tertiary/aromatic N) is 1. The van der Waals surface area contributed by atoms with E-state index < -0.39 is 6.10 Å². The monoisotopic (exact) mass is 383 g/mol. The molecular formula is C16H18INO2. The number of aliphatic hydroxyl groups is 1. The minimum absolute atomic E-state index is 0.656. The zero-order valence-corrected chi connectivity index (χ0v) is 13.8. The van der Waals surface area contributed by atoms with E-state index in [4.69, 9.17) is 4.74 Å². The first-order chi connectivity index (χ1) is 9.63. The number of ether oxygens (including phenoxy) is 1. The van der Waals surface area contributed by atoms with Crippen LogP contribution in [0.15, 0.2) is 36.7 Å². The smallest absolute Gasteiger partial charge is 0.137 e. The van der Waals surface area contributed by atoms with Gasteiger partial charge in [-0.1, -0.05) is 25.1 Å². The van der Waals surface area contributed by atoms with Crippen LogP contribution in [0.4, 0.5) is 0 Å². The van der Waals surface area contributed by atoms with E-state index in [0.29, 0.717) is 12.4 Å². The maximum Gasteiger partial charge on any atom is 0.137 e. The molecule has 2 rings (SSSR count). The van der Waals surface area contributed by atoms with Crippen molar-refractivity contribution < 1.29 is 9.84 Å². The molecule has 0 saturated carbocycles. The summed E-state index contributed by atoms with van der Waals surface area (Å²) in [6, 6.07) is 7.79. The first kappa shape index (κ1) is 15.3. The van der Waals surface area contributed by atoms with Crippen LogP contribution in [0.25, 0.3) is 0 Å². The molecule has 1 N–H and O–H groups in total. The molecule has 1 atom stereocenters. The van der Waals surface area contributed by atoms with Crippen molar-refractivity contribution in [3.05, 3.63) is 56.9 Å². The Hall–Kier alpha value is -1.14. The van der Waals surface area contributed by atoms with Crippen LogP contribution >= 0.6 is 22.6 Å². The molecule has 0 radical (unpaired) electrons. The summed E-state index contributed by atoms with van der Waals surface area (Å²) in [7, 11) is 0. The number of aromatic nitrogens is 1. The third-order valence-corrected chi connectivity index (χ3v) is 4.51. The first-order valence-corrected chi connectivity index (χ1v) is 7.72. The van der Waals surface area contributed by atoms with Crippen molar-refractivity contribution in [2.75, 3.05) is 6.61 Å². The molecule has 0 aliphatic carbocycles. The summed E-state index contributed by atoms with van der Waals surface area (Å²) >= 11 is 2.27. The van der Waals surface area contributed by atoms with Crippen molar-refractivity contribution in [3.8, 4) is 5.75 Å². The van der Waals surface area contributed by atoms with Gasteiger partial charge in [0.1, 0.15) is 11.9 Å². The van der Waals surface area contributed by atoms with Gasteiger partial charge in [0.15, 0.2) is 0 Å². The van der Waals surface area contributed by atoms with Gasteiger partial charge in [-0.25, -0.2) is 0 Å². The molecule has 2 aromatic rings. The molecule has 1 unspecified atom stereocenters. The van der Waals surface area contributed by atoms with Crippen LogP contribution in [-0.2, 0) is 0 Å². The summed E-state index contributed by atoms with van der Waals surface area (Å²) in [6.07, 6.45) is 3.62. The number of aliphatic hydroxyl groups excluding tert-OH is 1. The molecule has 0 bridgehead atoms. The van der Waals surface area contributed by atoms with Crippen LogP contribution in [0.1, 0.15) is 36.1 Å². The average molecular weight is 383 g/mol. The van der Waals surface area contributed by atoms with E-state index in [1.807, 2.05) is 31.2 Å². The van der Waals surface area contributed by atoms with Crippen molar-refractivity contribution >= 4 is 22.6 Å². The highest BCUT2D eigenvalue weighted by Gasteiger charge is 2.15. The zero-order chi connectivity index (χ0) is 14.5.